The van der Waals surface area contributed by atoms with E-state index in [1.54, 1.807) is 18.2 Å². The van der Waals surface area contributed by atoms with Crippen molar-refractivity contribution in [1.82, 2.24) is 9.88 Å². The van der Waals surface area contributed by atoms with Gasteiger partial charge in [-0.1, -0.05) is 17.7 Å². The summed E-state index contributed by atoms with van der Waals surface area (Å²) in [6, 6.07) is 7.09. The number of nitrogens with one attached hydrogen (secondary N) is 1. The highest BCUT2D eigenvalue weighted by molar-refractivity contribution is 6.31. The molecule has 20 heavy (non-hydrogen) atoms. The van der Waals surface area contributed by atoms with Crippen LogP contribution in [-0.2, 0) is 4.79 Å². The molecule has 1 aromatic carbocycles. The zero-order valence-electron chi connectivity index (χ0n) is 10.6. The van der Waals surface area contributed by atoms with Crippen LogP contribution >= 0.6 is 11.6 Å². The largest absolute Gasteiger partial charge is 0.480 e. The zero-order chi connectivity index (χ0) is 14.3. The van der Waals surface area contributed by atoms with Crippen LogP contribution in [0.2, 0.25) is 5.02 Å². The minimum atomic E-state index is -0.996. The molecule has 0 spiro atoms. The Kier molecular flexibility index (Phi) is 3.14. The maximum absolute atomic E-state index is 12.4. The van der Waals surface area contributed by atoms with Crippen molar-refractivity contribution in [2.75, 3.05) is 6.54 Å². The number of carboxylic acid groups (broad SMARTS) is 1. The molecule has 0 unspecified atom stereocenters. The summed E-state index contributed by atoms with van der Waals surface area (Å²) in [5, 5.41) is 10.4. The Balaban J connectivity index is 1.92. The molecule has 0 atom stereocenters. The fourth-order valence-corrected chi connectivity index (χ4v) is 2.44. The molecule has 1 heterocycles. The number of aromatic nitrogens is 1. The molecule has 0 aliphatic heterocycles. The van der Waals surface area contributed by atoms with E-state index in [0.29, 0.717) is 10.7 Å². The molecular formula is C14H13ClN2O3. The molecule has 6 heteroatoms. The number of aromatic amines is 1. The second kappa shape index (κ2) is 4.83. The minimum Gasteiger partial charge on any atom is -0.480 e. The summed E-state index contributed by atoms with van der Waals surface area (Å²) in [5.41, 5.74) is 1.17. The van der Waals surface area contributed by atoms with E-state index in [1.165, 1.54) is 4.90 Å². The number of amides is 1. The molecular weight excluding hydrogens is 280 g/mol. The van der Waals surface area contributed by atoms with E-state index in [2.05, 4.69) is 4.98 Å². The zero-order valence-corrected chi connectivity index (χ0v) is 11.4. The molecule has 104 valence electrons. The van der Waals surface area contributed by atoms with Crippen LogP contribution in [0, 0.1) is 0 Å². The van der Waals surface area contributed by atoms with E-state index in [9.17, 15) is 9.59 Å². The molecule has 5 nitrogen and oxygen atoms in total. The van der Waals surface area contributed by atoms with Gasteiger partial charge in [-0.15, -0.1) is 0 Å². The Morgan fingerprint density at radius 1 is 1.35 bits per heavy atom. The van der Waals surface area contributed by atoms with Crippen LogP contribution in [0.4, 0.5) is 0 Å². The average Bonchev–Trinajstić information content (AvgIpc) is 3.14. The van der Waals surface area contributed by atoms with Crippen molar-refractivity contribution in [2.24, 2.45) is 0 Å². The second-order valence-corrected chi connectivity index (χ2v) is 5.41. The Morgan fingerprint density at radius 2 is 2.10 bits per heavy atom. The third-order valence-electron chi connectivity index (χ3n) is 3.37. The van der Waals surface area contributed by atoms with Crippen LogP contribution in [0.3, 0.4) is 0 Å². The molecule has 2 aromatic rings. The van der Waals surface area contributed by atoms with E-state index in [1.807, 2.05) is 6.07 Å². The Hall–Kier alpha value is -2.01. The number of carbonyl (C=O) groups is 2. The van der Waals surface area contributed by atoms with Crippen LogP contribution in [0.1, 0.15) is 23.3 Å². The van der Waals surface area contributed by atoms with Crippen molar-refractivity contribution in [3.05, 3.63) is 35.0 Å². The highest BCUT2D eigenvalue weighted by Gasteiger charge is 2.34. The molecule has 2 N–H and O–H groups in total. The summed E-state index contributed by atoms with van der Waals surface area (Å²) in [4.78, 5) is 27.7. The van der Waals surface area contributed by atoms with Gasteiger partial charge >= 0.3 is 5.97 Å². The lowest BCUT2D eigenvalue weighted by Crippen LogP contribution is -2.37. The molecule has 1 aliphatic rings. The Labute approximate surface area is 120 Å². The van der Waals surface area contributed by atoms with Crippen molar-refractivity contribution in [3.8, 4) is 0 Å². The lowest BCUT2D eigenvalue weighted by atomic mass is 10.2. The van der Waals surface area contributed by atoms with Gasteiger partial charge in [0.1, 0.15) is 12.2 Å². The van der Waals surface area contributed by atoms with Gasteiger partial charge in [0.15, 0.2) is 0 Å². The quantitative estimate of drug-likeness (QED) is 0.909. The summed E-state index contributed by atoms with van der Waals surface area (Å²) < 4.78 is 0. The number of carbonyl (C=O) groups excluding carboxylic acids is 1. The molecule has 1 aliphatic carbocycles. The fourth-order valence-electron chi connectivity index (χ4n) is 2.27. The first-order valence-electron chi connectivity index (χ1n) is 6.35. The van der Waals surface area contributed by atoms with Crippen molar-refractivity contribution in [1.29, 1.82) is 0 Å². The lowest BCUT2D eigenvalue weighted by Gasteiger charge is -2.19. The number of rotatable bonds is 4. The topological polar surface area (TPSA) is 73.4 Å². The third kappa shape index (κ3) is 2.49. The number of hydrogen-bond donors (Lipinski definition) is 2. The van der Waals surface area contributed by atoms with Gasteiger partial charge in [0, 0.05) is 22.0 Å². The fraction of sp³-hybridized carbons (Fsp3) is 0.286. The number of fused-ring (bicyclic) bond motifs is 1. The number of halogens is 1. The number of aliphatic carboxylic acids is 1. The van der Waals surface area contributed by atoms with Crippen LogP contribution in [0.15, 0.2) is 24.3 Å². The maximum atomic E-state index is 12.4. The van der Waals surface area contributed by atoms with Crippen molar-refractivity contribution in [2.45, 2.75) is 18.9 Å². The lowest BCUT2D eigenvalue weighted by molar-refractivity contribution is -0.137. The molecule has 1 amide bonds. The number of carboxylic acids is 1. The predicted molar refractivity (Wildman–Crippen MR) is 75.0 cm³/mol. The SMILES string of the molecule is O=C(O)CN(C(=O)c1cc2ccc(Cl)cc2[nH]1)C1CC1. The predicted octanol–water partition coefficient (Wildman–Crippen LogP) is 2.51. The van der Waals surface area contributed by atoms with E-state index in [0.717, 1.165) is 23.7 Å². The van der Waals surface area contributed by atoms with Crippen LogP contribution < -0.4 is 0 Å². The first-order valence-corrected chi connectivity index (χ1v) is 6.73. The molecule has 3 rings (SSSR count). The number of benzene rings is 1. The second-order valence-electron chi connectivity index (χ2n) is 4.97. The minimum absolute atomic E-state index is 0.0496. The van der Waals surface area contributed by atoms with E-state index in [4.69, 9.17) is 16.7 Å². The Morgan fingerprint density at radius 3 is 2.75 bits per heavy atom. The summed E-state index contributed by atoms with van der Waals surface area (Å²) in [6.45, 7) is -0.264. The average molecular weight is 293 g/mol. The molecule has 0 bridgehead atoms. The number of nitrogens with zero attached hydrogens (tertiary/aromatic N) is 1. The van der Waals surface area contributed by atoms with E-state index >= 15 is 0 Å². The third-order valence-corrected chi connectivity index (χ3v) is 3.60. The van der Waals surface area contributed by atoms with Crippen molar-refractivity contribution < 1.29 is 14.7 Å². The van der Waals surface area contributed by atoms with Gasteiger partial charge in [-0.2, -0.15) is 0 Å². The summed E-state index contributed by atoms with van der Waals surface area (Å²) in [6.07, 6.45) is 1.73. The van der Waals surface area contributed by atoms with Gasteiger partial charge in [0.05, 0.1) is 0 Å². The van der Waals surface area contributed by atoms with Crippen LogP contribution in [-0.4, -0.2) is 39.5 Å². The first-order chi connectivity index (χ1) is 9.54. The molecule has 0 saturated heterocycles. The van der Waals surface area contributed by atoms with Crippen molar-refractivity contribution in [3.63, 3.8) is 0 Å². The van der Waals surface area contributed by atoms with Gasteiger partial charge in [-0.3, -0.25) is 9.59 Å². The normalized spacial score (nSPS) is 14.4. The summed E-state index contributed by atoms with van der Waals surface area (Å²) in [5.74, 6) is -1.27. The number of H-pyrrole nitrogens is 1. The van der Waals surface area contributed by atoms with Gasteiger partial charge in [0.2, 0.25) is 0 Å². The van der Waals surface area contributed by atoms with Gasteiger partial charge in [-0.05, 0) is 31.0 Å². The standard InChI is InChI=1S/C14H13ClN2O3/c15-9-2-1-8-5-12(16-11(8)6-9)14(20)17(7-13(18)19)10-3-4-10/h1-2,5-6,10,16H,3-4,7H2,(H,18,19). The number of hydrogen-bond acceptors (Lipinski definition) is 2. The Bertz CT molecular complexity index is 691. The summed E-state index contributed by atoms with van der Waals surface area (Å²) in [7, 11) is 0. The maximum Gasteiger partial charge on any atom is 0.323 e. The van der Waals surface area contributed by atoms with E-state index in [-0.39, 0.29) is 18.5 Å². The monoisotopic (exact) mass is 292 g/mol. The van der Waals surface area contributed by atoms with Crippen molar-refractivity contribution >= 4 is 34.4 Å². The van der Waals surface area contributed by atoms with Gasteiger partial charge in [0.25, 0.3) is 5.91 Å². The first kappa shape index (κ1) is 13.0. The highest BCUT2D eigenvalue weighted by Crippen LogP contribution is 2.29. The van der Waals surface area contributed by atoms with Crippen LogP contribution in [0.5, 0.6) is 0 Å². The van der Waals surface area contributed by atoms with Crippen LogP contribution in [0.25, 0.3) is 10.9 Å². The van der Waals surface area contributed by atoms with E-state index < -0.39 is 5.97 Å². The smallest absolute Gasteiger partial charge is 0.323 e. The molecule has 1 fully saturated rings. The molecule has 1 aromatic heterocycles. The molecule has 1 saturated carbocycles. The van der Waals surface area contributed by atoms with Gasteiger partial charge in [-0.25, -0.2) is 0 Å². The molecule has 0 radical (unpaired) electrons. The summed E-state index contributed by atoms with van der Waals surface area (Å²) >= 11 is 5.91. The highest BCUT2D eigenvalue weighted by atomic mass is 35.5. The van der Waals surface area contributed by atoms with Gasteiger partial charge < -0.3 is 15.0 Å².